The number of hydrogen-bond acceptors (Lipinski definition) is 3. The average molecular weight is 321 g/mol. The topological polar surface area (TPSA) is 57.7 Å². The Morgan fingerprint density at radius 1 is 1.25 bits per heavy atom. The monoisotopic (exact) mass is 320 g/mol. The average Bonchev–Trinajstić information content (AvgIpc) is 2.43. The lowest BCUT2D eigenvalue weighted by Crippen LogP contribution is -2.48. The molecule has 0 N–H and O–H groups in total. The molecular formula is C12H14ClFN2O3S. The van der Waals surface area contributed by atoms with E-state index in [2.05, 4.69) is 0 Å². The summed E-state index contributed by atoms with van der Waals surface area (Å²) in [6, 6.07) is 4.07. The Hall–Kier alpha value is -1.18. The Labute approximate surface area is 122 Å². The van der Waals surface area contributed by atoms with E-state index in [-0.39, 0.29) is 23.7 Å². The van der Waals surface area contributed by atoms with Crippen molar-refractivity contribution in [1.82, 2.24) is 9.21 Å². The Morgan fingerprint density at radius 3 is 2.45 bits per heavy atom. The Balaban J connectivity index is 2.14. The molecule has 0 unspecified atom stereocenters. The van der Waals surface area contributed by atoms with Crippen LogP contribution in [-0.2, 0) is 20.6 Å². The van der Waals surface area contributed by atoms with Gasteiger partial charge in [0.05, 0.1) is 5.75 Å². The van der Waals surface area contributed by atoms with Crippen LogP contribution in [0.4, 0.5) is 4.39 Å². The molecule has 1 fully saturated rings. The van der Waals surface area contributed by atoms with Gasteiger partial charge >= 0.3 is 0 Å². The summed E-state index contributed by atoms with van der Waals surface area (Å²) in [7, 11) is -3.65. The standard InChI is InChI=1S/C12H14ClFN2O3S/c13-11-2-1-3-12(14)10(11)8-20(18,19)16-6-4-15(9-17)5-7-16/h1-3,9H,4-8H2. The van der Waals surface area contributed by atoms with Crippen molar-refractivity contribution in [2.45, 2.75) is 5.75 Å². The Kier molecular flexibility index (Phi) is 4.62. The first-order valence-electron chi connectivity index (χ1n) is 6.04. The lowest BCUT2D eigenvalue weighted by atomic mass is 10.2. The van der Waals surface area contributed by atoms with Gasteiger partial charge in [-0.1, -0.05) is 17.7 Å². The summed E-state index contributed by atoms with van der Waals surface area (Å²) in [5, 5.41) is 0.0973. The summed E-state index contributed by atoms with van der Waals surface area (Å²) < 4.78 is 39.4. The number of carbonyl (C=O) groups excluding carboxylic acids is 1. The molecule has 1 aromatic rings. The van der Waals surface area contributed by atoms with Crippen molar-refractivity contribution < 1.29 is 17.6 Å². The van der Waals surface area contributed by atoms with Crippen molar-refractivity contribution in [2.75, 3.05) is 26.2 Å². The van der Waals surface area contributed by atoms with Gasteiger partial charge in [-0.3, -0.25) is 4.79 Å². The van der Waals surface area contributed by atoms with Crippen molar-refractivity contribution in [3.63, 3.8) is 0 Å². The first-order chi connectivity index (χ1) is 9.44. The van der Waals surface area contributed by atoms with Crippen LogP contribution in [0.1, 0.15) is 5.56 Å². The van der Waals surface area contributed by atoms with Gasteiger partial charge in [0.1, 0.15) is 5.82 Å². The molecule has 0 bridgehead atoms. The normalized spacial score (nSPS) is 17.2. The van der Waals surface area contributed by atoms with Gasteiger partial charge in [0.15, 0.2) is 0 Å². The molecule has 1 aliphatic rings. The molecular weight excluding hydrogens is 307 g/mol. The van der Waals surface area contributed by atoms with Gasteiger partial charge < -0.3 is 4.90 Å². The number of hydrogen-bond donors (Lipinski definition) is 0. The van der Waals surface area contributed by atoms with Crippen LogP contribution in [0.25, 0.3) is 0 Å². The molecule has 0 aliphatic carbocycles. The molecule has 1 heterocycles. The van der Waals surface area contributed by atoms with E-state index < -0.39 is 21.6 Å². The minimum Gasteiger partial charge on any atom is -0.343 e. The van der Waals surface area contributed by atoms with Gasteiger partial charge in [-0.05, 0) is 12.1 Å². The molecule has 0 atom stereocenters. The predicted molar refractivity (Wildman–Crippen MR) is 73.2 cm³/mol. The molecule has 5 nitrogen and oxygen atoms in total. The van der Waals surface area contributed by atoms with Crippen molar-refractivity contribution in [1.29, 1.82) is 0 Å². The Morgan fingerprint density at radius 2 is 1.90 bits per heavy atom. The smallest absolute Gasteiger partial charge is 0.218 e. The third-order valence-corrected chi connectivity index (χ3v) is 5.36. The quantitative estimate of drug-likeness (QED) is 0.780. The van der Waals surface area contributed by atoms with Crippen LogP contribution in [0.2, 0.25) is 5.02 Å². The fourth-order valence-corrected chi connectivity index (χ4v) is 3.90. The lowest BCUT2D eigenvalue weighted by Gasteiger charge is -2.31. The molecule has 110 valence electrons. The van der Waals surface area contributed by atoms with E-state index in [4.69, 9.17) is 11.6 Å². The summed E-state index contributed by atoms with van der Waals surface area (Å²) in [5.41, 5.74) is -0.0213. The summed E-state index contributed by atoms with van der Waals surface area (Å²) in [4.78, 5) is 12.1. The number of amides is 1. The largest absolute Gasteiger partial charge is 0.343 e. The van der Waals surface area contributed by atoms with E-state index in [1.54, 1.807) is 0 Å². The van der Waals surface area contributed by atoms with Crippen LogP contribution in [0, 0.1) is 5.82 Å². The molecule has 0 radical (unpaired) electrons. The number of nitrogens with zero attached hydrogens (tertiary/aromatic N) is 2. The molecule has 20 heavy (non-hydrogen) atoms. The van der Waals surface area contributed by atoms with E-state index in [1.165, 1.54) is 27.4 Å². The maximum absolute atomic E-state index is 13.6. The highest BCUT2D eigenvalue weighted by Gasteiger charge is 2.28. The lowest BCUT2D eigenvalue weighted by molar-refractivity contribution is -0.119. The number of rotatable bonds is 4. The van der Waals surface area contributed by atoms with Crippen molar-refractivity contribution in [2.24, 2.45) is 0 Å². The highest BCUT2D eigenvalue weighted by atomic mass is 35.5. The molecule has 1 aliphatic heterocycles. The number of halogens is 2. The molecule has 2 rings (SSSR count). The SMILES string of the molecule is O=CN1CCN(S(=O)(=O)Cc2c(F)cccc2Cl)CC1. The van der Waals surface area contributed by atoms with Crippen LogP contribution in [0.5, 0.6) is 0 Å². The molecule has 0 aromatic heterocycles. The number of benzene rings is 1. The molecule has 1 amide bonds. The van der Waals surface area contributed by atoms with Gasteiger partial charge in [0, 0.05) is 36.8 Å². The number of sulfonamides is 1. The van der Waals surface area contributed by atoms with E-state index in [1.807, 2.05) is 0 Å². The zero-order chi connectivity index (χ0) is 14.8. The highest BCUT2D eigenvalue weighted by molar-refractivity contribution is 7.88. The minimum atomic E-state index is -3.65. The summed E-state index contributed by atoms with van der Waals surface area (Å²) in [6.45, 7) is 1.11. The third-order valence-electron chi connectivity index (χ3n) is 3.20. The molecule has 0 spiro atoms. The minimum absolute atomic E-state index is 0.0213. The van der Waals surface area contributed by atoms with Crippen LogP contribution in [-0.4, -0.2) is 50.2 Å². The fraction of sp³-hybridized carbons (Fsp3) is 0.417. The van der Waals surface area contributed by atoms with Crippen LogP contribution in [0.3, 0.4) is 0 Å². The molecule has 8 heteroatoms. The van der Waals surface area contributed by atoms with Crippen LogP contribution in [0.15, 0.2) is 18.2 Å². The molecule has 1 aromatic carbocycles. The van der Waals surface area contributed by atoms with Gasteiger partial charge in [-0.15, -0.1) is 0 Å². The summed E-state index contributed by atoms with van der Waals surface area (Å²) in [6.07, 6.45) is 0.692. The van der Waals surface area contributed by atoms with Crippen molar-refractivity contribution in [3.8, 4) is 0 Å². The first-order valence-corrected chi connectivity index (χ1v) is 8.03. The first kappa shape index (κ1) is 15.2. The summed E-state index contributed by atoms with van der Waals surface area (Å²) >= 11 is 5.84. The van der Waals surface area contributed by atoms with E-state index >= 15 is 0 Å². The fourth-order valence-electron chi connectivity index (χ4n) is 2.03. The zero-order valence-corrected chi connectivity index (χ0v) is 12.2. The number of carbonyl (C=O) groups is 1. The second-order valence-electron chi connectivity index (χ2n) is 4.50. The maximum Gasteiger partial charge on any atom is 0.218 e. The molecule has 1 saturated heterocycles. The second-order valence-corrected chi connectivity index (χ2v) is 6.87. The van der Waals surface area contributed by atoms with Gasteiger partial charge in [0.2, 0.25) is 16.4 Å². The van der Waals surface area contributed by atoms with E-state index in [0.717, 1.165) is 0 Å². The van der Waals surface area contributed by atoms with E-state index in [9.17, 15) is 17.6 Å². The second kappa shape index (κ2) is 6.07. The summed E-state index contributed by atoms with van der Waals surface area (Å²) in [5.74, 6) is -1.10. The third kappa shape index (κ3) is 3.28. The highest BCUT2D eigenvalue weighted by Crippen LogP contribution is 2.23. The van der Waals surface area contributed by atoms with Gasteiger partial charge in [-0.2, -0.15) is 4.31 Å². The Bertz CT molecular complexity index is 580. The maximum atomic E-state index is 13.6. The van der Waals surface area contributed by atoms with Crippen molar-refractivity contribution >= 4 is 28.0 Å². The molecule has 0 saturated carbocycles. The van der Waals surface area contributed by atoms with Gasteiger partial charge in [-0.25, -0.2) is 12.8 Å². The van der Waals surface area contributed by atoms with Crippen molar-refractivity contribution in [3.05, 3.63) is 34.6 Å². The van der Waals surface area contributed by atoms with Crippen LogP contribution < -0.4 is 0 Å². The number of piperazine rings is 1. The zero-order valence-electron chi connectivity index (χ0n) is 10.6. The van der Waals surface area contributed by atoms with Gasteiger partial charge in [0.25, 0.3) is 0 Å². The van der Waals surface area contributed by atoms with E-state index in [0.29, 0.717) is 19.5 Å². The predicted octanol–water partition coefficient (Wildman–Crippen LogP) is 1.08. The van der Waals surface area contributed by atoms with Crippen LogP contribution >= 0.6 is 11.6 Å².